The van der Waals surface area contributed by atoms with E-state index in [0.717, 1.165) is 13.6 Å². The van der Waals surface area contributed by atoms with Crippen LogP contribution in [0.2, 0.25) is 0 Å². The number of rotatable bonds is 3. The Labute approximate surface area is 235 Å². The Balaban J connectivity index is 1.24. The van der Waals surface area contributed by atoms with Gasteiger partial charge in [0.25, 0.3) is 0 Å². The van der Waals surface area contributed by atoms with Crippen molar-refractivity contribution >= 4 is 46.1 Å². The zero-order chi connectivity index (χ0) is 26.8. The Bertz CT molecular complexity index is 2090. The fourth-order valence-corrected chi connectivity index (χ4v) is 6.84. The topological polar surface area (TPSA) is 9.86 Å². The van der Waals surface area contributed by atoms with E-state index >= 15 is 0 Å². The van der Waals surface area contributed by atoms with Crippen LogP contribution in [-0.4, -0.2) is 16.4 Å². The number of aryl methyl sites for hydroxylation is 2. The fourth-order valence-electron chi connectivity index (χ4n) is 6.84. The average Bonchev–Trinajstić information content (AvgIpc) is 3.51. The van der Waals surface area contributed by atoms with Crippen molar-refractivity contribution in [2.45, 2.75) is 20.2 Å². The Morgan fingerprint density at radius 3 is 1.62 bits per heavy atom. The van der Waals surface area contributed by atoms with Gasteiger partial charge < -0.3 is 9.13 Å². The molecule has 0 atom stereocenters. The van der Waals surface area contributed by atoms with Gasteiger partial charge in [-0.25, -0.2) is 0 Å². The lowest BCUT2D eigenvalue weighted by Crippen LogP contribution is -2.04. The molecule has 2 nitrogen and oxygen atoms in total. The molecule has 3 heterocycles. The second kappa shape index (κ2) is 8.89. The standard InChI is InChI=1S/C37H29BN2/c1-24-21-26(39-34-12-6-3-9-30(34)31-10-4-7-13-35(31)39)15-17-28(24)29-18-16-27(22-25(29)2)40-36-14-8-5-11-32(36)33-23-38-20-19-37(33)40/h3-22,38H,23H2,1-2H3. The summed E-state index contributed by atoms with van der Waals surface area (Å²) in [6.07, 6.45) is 3.41. The van der Waals surface area contributed by atoms with E-state index in [2.05, 4.69) is 144 Å². The molecule has 8 rings (SSSR count). The van der Waals surface area contributed by atoms with Gasteiger partial charge in [0.2, 0.25) is 0 Å². The Morgan fingerprint density at radius 2 is 1.05 bits per heavy atom. The maximum Gasteiger partial charge on any atom is 0.152 e. The lowest BCUT2D eigenvalue weighted by atomic mass is 9.68. The minimum atomic E-state index is 1.11. The number of aromatic nitrogens is 2. The monoisotopic (exact) mass is 512 g/mol. The summed E-state index contributed by atoms with van der Waals surface area (Å²) in [6, 6.07) is 40.1. The van der Waals surface area contributed by atoms with Crippen LogP contribution in [0.15, 0.2) is 115 Å². The van der Waals surface area contributed by atoms with Crippen molar-refractivity contribution in [1.82, 2.24) is 9.13 Å². The summed E-state index contributed by atoms with van der Waals surface area (Å²) in [7, 11) is 1.11. The Kier molecular flexibility index (Phi) is 5.15. The van der Waals surface area contributed by atoms with Gasteiger partial charge in [-0.1, -0.05) is 72.8 Å². The van der Waals surface area contributed by atoms with Crippen molar-refractivity contribution in [3.05, 3.63) is 138 Å². The van der Waals surface area contributed by atoms with E-state index in [1.165, 1.54) is 77.6 Å². The van der Waals surface area contributed by atoms with E-state index < -0.39 is 0 Å². The normalized spacial score (nSPS) is 12.8. The summed E-state index contributed by atoms with van der Waals surface area (Å²) in [5.41, 5.74) is 14.1. The molecule has 0 saturated carbocycles. The number of nitrogens with zero attached hydrogens (tertiary/aromatic N) is 2. The molecule has 0 fully saturated rings. The number of hydrogen-bond acceptors (Lipinski definition) is 0. The van der Waals surface area contributed by atoms with Crippen LogP contribution in [0.25, 0.3) is 61.3 Å². The van der Waals surface area contributed by atoms with Crippen molar-refractivity contribution in [2.75, 3.05) is 0 Å². The molecule has 190 valence electrons. The summed E-state index contributed by atoms with van der Waals surface area (Å²) in [5.74, 6) is 2.31. The van der Waals surface area contributed by atoms with Gasteiger partial charge in [0.05, 0.1) is 16.6 Å². The number of para-hydroxylation sites is 3. The molecule has 0 saturated heterocycles. The molecule has 0 unspecified atom stereocenters. The van der Waals surface area contributed by atoms with Crippen LogP contribution >= 0.6 is 0 Å². The van der Waals surface area contributed by atoms with E-state index in [0.29, 0.717) is 0 Å². The second-order valence-electron chi connectivity index (χ2n) is 11.0. The van der Waals surface area contributed by atoms with E-state index in [1.807, 2.05) is 0 Å². The summed E-state index contributed by atoms with van der Waals surface area (Å²) in [6.45, 7) is 4.48. The largest absolute Gasteiger partial charge is 0.310 e. The average molecular weight is 512 g/mol. The van der Waals surface area contributed by atoms with Crippen molar-refractivity contribution in [3.63, 3.8) is 0 Å². The molecule has 7 aromatic rings. The van der Waals surface area contributed by atoms with E-state index in [4.69, 9.17) is 0 Å². The minimum absolute atomic E-state index is 1.11. The van der Waals surface area contributed by atoms with Gasteiger partial charge in [-0.3, -0.25) is 0 Å². The third-order valence-corrected chi connectivity index (χ3v) is 8.66. The second-order valence-corrected chi connectivity index (χ2v) is 11.0. The van der Waals surface area contributed by atoms with E-state index in [1.54, 1.807) is 0 Å². The highest BCUT2D eigenvalue weighted by molar-refractivity contribution is 6.44. The molecule has 0 radical (unpaired) electrons. The molecule has 2 aromatic heterocycles. The Morgan fingerprint density at radius 1 is 0.550 bits per heavy atom. The first-order valence-corrected chi connectivity index (χ1v) is 14.2. The van der Waals surface area contributed by atoms with Crippen LogP contribution in [0.1, 0.15) is 22.4 Å². The lowest BCUT2D eigenvalue weighted by molar-refractivity contribution is 1.09. The predicted molar refractivity (Wildman–Crippen MR) is 172 cm³/mol. The van der Waals surface area contributed by atoms with Crippen molar-refractivity contribution in [3.8, 4) is 22.5 Å². The quantitative estimate of drug-likeness (QED) is 0.209. The number of fused-ring (bicyclic) bond motifs is 6. The summed E-state index contributed by atoms with van der Waals surface area (Å²) in [5, 5.41) is 3.96. The molecule has 0 N–H and O–H groups in total. The summed E-state index contributed by atoms with van der Waals surface area (Å²) in [4.78, 5) is 0. The van der Waals surface area contributed by atoms with Gasteiger partial charge in [-0.05, 0) is 90.4 Å². The first-order chi connectivity index (χ1) is 19.7. The van der Waals surface area contributed by atoms with Crippen LogP contribution in [0, 0.1) is 13.8 Å². The van der Waals surface area contributed by atoms with E-state index in [-0.39, 0.29) is 0 Å². The smallest absolute Gasteiger partial charge is 0.152 e. The molecule has 40 heavy (non-hydrogen) atoms. The van der Waals surface area contributed by atoms with Gasteiger partial charge in [-0.2, -0.15) is 0 Å². The minimum Gasteiger partial charge on any atom is -0.310 e. The van der Waals surface area contributed by atoms with Gasteiger partial charge in [-0.15, -0.1) is 5.98 Å². The fraction of sp³-hybridized carbons (Fsp3) is 0.0811. The highest BCUT2D eigenvalue weighted by Gasteiger charge is 2.19. The first-order valence-electron chi connectivity index (χ1n) is 14.2. The highest BCUT2D eigenvalue weighted by atomic mass is 15.0. The zero-order valence-electron chi connectivity index (χ0n) is 22.9. The molecule has 0 amide bonds. The van der Waals surface area contributed by atoms with Crippen molar-refractivity contribution in [2.24, 2.45) is 0 Å². The predicted octanol–water partition coefficient (Wildman–Crippen LogP) is 8.93. The molecule has 3 heteroatoms. The van der Waals surface area contributed by atoms with Crippen LogP contribution in [-0.2, 0) is 6.32 Å². The van der Waals surface area contributed by atoms with Crippen LogP contribution in [0.5, 0.6) is 0 Å². The summed E-state index contributed by atoms with van der Waals surface area (Å²) >= 11 is 0. The summed E-state index contributed by atoms with van der Waals surface area (Å²) < 4.78 is 4.83. The lowest BCUT2D eigenvalue weighted by Gasteiger charge is -2.16. The van der Waals surface area contributed by atoms with Gasteiger partial charge in [0.15, 0.2) is 7.28 Å². The molecular formula is C37H29BN2. The third kappa shape index (κ3) is 3.37. The molecule has 1 aliphatic rings. The van der Waals surface area contributed by atoms with Gasteiger partial charge in [0, 0.05) is 33.2 Å². The maximum atomic E-state index is 2.44. The van der Waals surface area contributed by atoms with Gasteiger partial charge >= 0.3 is 0 Å². The van der Waals surface area contributed by atoms with Crippen LogP contribution < -0.4 is 0 Å². The number of hydrogen-bond donors (Lipinski definition) is 0. The third-order valence-electron chi connectivity index (χ3n) is 8.66. The molecular weight excluding hydrogens is 483 g/mol. The molecule has 1 aliphatic heterocycles. The highest BCUT2D eigenvalue weighted by Crippen LogP contribution is 2.37. The van der Waals surface area contributed by atoms with Crippen molar-refractivity contribution in [1.29, 1.82) is 0 Å². The van der Waals surface area contributed by atoms with Crippen LogP contribution in [0.3, 0.4) is 0 Å². The number of benzene rings is 5. The molecule has 0 spiro atoms. The van der Waals surface area contributed by atoms with Crippen molar-refractivity contribution < 1.29 is 0 Å². The molecule has 0 aliphatic carbocycles. The maximum absolute atomic E-state index is 2.44. The molecule has 5 aromatic carbocycles. The Hall–Kier alpha value is -4.76. The zero-order valence-corrected chi connectivity index (χ0v) is 22.9. The SMILES string of the molecule is Cc1cc(-n2c3c(c4ccccc42)CBC=C3)ccc1-c1ccc(-n2c3ccccc3c3ccccc32)cc1C. The first kappa shape index (κ1) is 23.2. The van der Waals surface area contributed by atoms with E-state index in [9.17, 15) is 0 Å². The van der Waals surface area contributed by atoms with Gasteiger partial charge in [0.1, 0.15) is 0 Å². The molecule has 0 bridgehead atoms. The van der Waals surface area contributed by atoms with Crippen LogP contribution in [0.4, 0.5) is 0 Å².